The van der Waals surface area contributed by atoms with Crippen molar-refractivity contribution in [1.82, 2.24) is 9.80 Å². The number of phenolic OH excluding ortho intramolecular Hbond substituents is 1. The summed E-state index contributed by atoms with van der Waals surface area (Å²) in [4.78, 5) is 6.03. The van der Waals surface area contributed by atoms with Crippen LogP contribution < -0.4 is 0 Å². The molecule has 4 rings (SSSR count). The van der Waals surface area contributed by atoms with Crippen LogP contribution in [0.25, 0.3) is 10.4 Å². The minimum atomic E-state index is 0.440. The van der Waals surface area contributed by atoms with Crippen LogP contribution in [0.3, 0.4) is 0 Å². The van der Waals surface area contributed by atoms with Crippen LogP contribution in [0.1, 0.15) is 36.5 Å². The standard InChI is InChI=1S/C23H32N2O3S3/c1-2-3-4-20-22(30-31-23(20)29)17-13-18(15-24-5-9-27-10-6-24)21(26)19(14-17)16-25-7-11-28-12-8-25/h13-14,26H,2-12,15-16H2,1H3. The molecule has 0 spiro atoms. The van der Waals surface area contributed by atoms with E-state index in [0.717, 1.165) is 99.9 Å². The third kappa shape index (κ3) is 5.93. The molecule has 2 aliphatic heterocycles. The third-order valence-corrected chi connectivity index (χ3v) is 9.22. The summed E-state index contributed by atoms with van der Waals surface area (Å²) in [6, 6.07) is 4.38. The number of phenols is 1. The van der Waals surface area contributed by atoms with Crippen LogP contribution in [0.5, 0.6) is 5.75 Å². The van der Waals surface area contributed by atoms with Gasteiger partial charge in [-0.05, 0) is 36.1 Å². The fraction of sp³-hybridized carbons (Fsp3) is 0.609. The van der Waals surface area contributed by atoms with Crippen LogP contribution >= 0.6 is 32.9 Å². The van der Waals surface area contributed by atoms with Crippen molar-refractivity contribution in [2.24, 2.45) is 0 Å². The Labute approximate surface area is 197 Å². The van der Waals surface area contributed by atoms with Gasteiger partial charge >= 0.3 is 0 Å². The largest absolute Gasteiger partial charge is 0.507 e. The number of ether oxygens (including phenoxy) is 2. The lowest BCUT2D eigenvalue weighted by atomic mass is 9.99. The van der Waals surface area contributed by atoms with Gasteiger partial charge in [0.25, 0.3) is 0 Å². The first-order valence-electron chi connectivity index (χ1n) is 11.2. The number of aromatic hydroxyl groups is 1. The molecule has 0 unspecified atom stereocenters. The molecule has 0 amide bonds. The number of hydrogen-bond donors (Lipinski definition) is 1. The Balaban J connectivity index is 1.69. The van der Waals surface area contributed by atoms with Crippen LogP contribution in [0.15, 0.2) is 12.1 Å². The Hall–Kier alpha value is -0.870. The summed E-state index contributed by atoms with van der Waals surface area (Å²) in [6.45, 7) is 10.4. The second-order valence-electron chi connectivity index (χ2n) is 8.29. The van der Waals surface area contributed by atoms with E-state index in [4.69, 9.17) is 21.7 Å². The number of nitrogens with zero attached hydrogens (tertiary/aromatic N) is 2. The molecule has 2 saturated heterocycles. The van der Waals surface area contributed by atoms with Crippen molar-refractivity contribution in [3.05, 3.63) is 32.6 Å². The van der Waals surface area contributed by atoms with Gasteiger partial charge in [0, 0.05) is 50.4 Å². The lowest BCUT2D eigenvalue weighted by molar-refractivity contribution is 0.0328. The Morgan fingerprint density at radius 1 is 0.935 bits per heavy atom. The first kappa shape index (κ1) is 23.3. The number of unbranched alkanes of at least 4 members (excludes halogenated alkanes) is 1. The van der Waals surface area contributed by atoms with E-state index in [2.05, 4.69) is 28.9 Å². The highest BCUT2D eigenvalue weighted by Crippen LogP contribution is 2.39. The molecule has 2 aromatic rings. The van der Waals surface area contributed by atoms with E-state index in [1.165, 1.54) is 16.0 Å². The second-order valence-corrected chi connectivity index (χ2v) is 11.1. The fourth-order valence-electron chi connectivity index (χ4n) is 4.20. The van der Waals surface area contributed by atoms with Crippen LogP contribution in [0.4, 0.5) is 0 Å². The molecule has 0 saturated carbocycles. The SMILES string of the molecule is CCCCc1c(-c2cc(CN3CCOCC3)c(O)c(CN3CCOCC3)c2)ssc1=S. The zero-order chi connectivity index (χ0) is 21.6. The molecular weight excluding hydrogens is 448 g/mol. The van der Waals surface area contributed by atoms with E-state index in [0.29, 0.717) is 5.75 Å². The Morgan fingerprint density at radius 2 is 1.48 bits per heavy atom. The van der Waals surface area contributed by atoms with Gasteiger partial charge in [0.2, 0.25) is 0 Å². The minimum Gasteiger partial charge on any atom is -0.507 e. The molecule has 1 aromatic carbocycles. The summed E-state index contributed by atoms with van der Waals surface area (Å²) < 4.78 is 12.0. The summed E-state index contributed by atoms with van der Waals surface area (Å²) in [6.07, 6.45) is 3.34. The van der Waals surface area contributed by atoms with E-state index in [1.807, 2.05) is 0 Å². The minimum absolute atomic E-state index is 0.440. The zero-order valence-corrected chi connectivity index (χ0v) is 20.7. The lowest BCUT2D eigenvalue weighted by Gasteiger charge is -2.29. The van der Waals surface area contributed by atoms with Crippen molar-refractivity contribution in [2.45, 2.75) is 39.3 Å². The summed E-state index contributed by atoms with van der Waals surface area (Å²) in [7, 11) is 3.49. The summed E-state index contributed by atoms with van der Waals surface area (Å²) in [5.41, 5.74) is 4.53. The monoisotopic (exact) mass is 480 g/mol. The van der Waals surface area contributed by atoms with Gasteiger partial charge in [-0.15, -0.1) is 0 Å². The van der Waals surface area contributed by atoms with Crippen molar-refractivity contribution in [3.63, 3.8) is 0 Å². The molecule has 170 valence electrons. The predicted octanol–water partition coefficient (Wildman–Crippen LogP) is 4.92. The first-order valence-corrected chi connectivity index (χ1v) is 13.8. The number of morpholine rings is 2. The number of rotatable bonds is 8. The molecule has 8 heteroatoms. The average Bonchev–Trinajstić information content (AvgIpc) is 3.16. The topological polar surface area (TPSA) is 45.2 Å². The predicted molar refractivity (Wildman–Crippen MR) is 131 cm³/mol. The van der Waals surface area contributed by atoms with Crippen LogP contribution in [0, 0.1) is 3.82 Å². The van der Waals surface area contributed by atoms with E-state index < -0.39 is 0 Å². The highest BCUT2D eigenvalue weighted by atomic mass is 32.9. The van der Waals surface area contributed by atoms with Gasteiger partial charge in [-0.1, -0.05) is 46.2 Å². The van der Waals surface area contributed by atoms with E-state index >= 15 is 0 Å². The normalized spacial score (nSPS) is 18.5. The molecule has 0 radical (unpaired) electrons. The second kappa shape index (κ2) is 11.3. The van der Waals surface area contributed by atoms with Gasteiger partial charge in [-0.25, -0.2) is 0 Å². The molecule has 5 nitrogen and oxygen atoms in total. The van der Waals surface area contributed by atoms with Crippen molar-refractivity contribution in [2.75, 3.05) is 52.6 Å². The fourth-order valence-corrected chi connectivity index (χ4v) is 7.19. The summed E-state index contributed by atoms with van der Waals surface area (Å²) in [5.74, 6) is 0.440. The average molecular weight is 481 g/mol. The Kier molecular flexibility index (Phi) is 8.50. The van der Waals surface area contributed by atoms with Crippen LogP contribution in [-0.2, 0) is 29.0 Å². The maximum Gasteiger partial charge on any atom is 0.124 e. The lowest BCUT2D eigenvalue weighted by Crippen LogP contribution is -2.36. The van der Waals surface area contributed by atoms with Gasteiger partial charge in [0.05, 0.1) is 31.3 Å². The van der Waals surface area contributed by atoms with Crippen LogP contribution in [-0.4, -0.2) is 67.5 Å². The van der Waals surface area contributed by atoms with Crippen molar-refractivity contribution >= 4 is 32.9 Å². The number of benzene rings is 1. The maximum atomic E-state index is 11.2. The molecule has 31 heavy (non-hydrogen) atoms. The molecule has 1 N–H and O–H groups in total. The van der Waals surface area contributed by atoms with Crippen molar-refractivity contribution in [1.29, 1.82) is 0 Å². The molecule has 3 heterocycles. The summed E-state index contributed by atoms with van der Waals surface area (Å²) in [5, 5.41) is 11.2. The molecule has 1 aromatic heterocycles. The van der Waals surface area contributed by atoms with Gasteiger partial charge < -0.3 is 14.6 Å². The molecule has 2 fully saturated rings. The van der Waals surface area contributed by atoms with Gasteiger partial charge in [-0.3, -0.25) is 9.80 Å². The smallest absolute Gasteiger partial charge is 0.124 e. The highest BCUT2D eigenvalue weighted by Gasteiger charge is 2.21. The van der Waals surface area contributed by atoms with Gasteiger partial charge in [0.1, 0.15) is 9.57 Å². The van der Waals surface area contributed by atoms with Crippen molar-refractivity contribution in [3.8, 4) is 16.2 Å². The molecule has 0 aliphatic carbocycles. The zero-order valence-electron chi connectivity index (χ0n) is 18.2. The Morgan fingerprint density at radius 3 is 2.00 bits per heavy atom. The maximum absolute atomic E-state index is 11.2. The molecular formula is C23H32N2O3S3. The van der Waals surface area contributed by atoms with E-state index in [9.17, 15) is 5.11 Å². The third-order valence-electron chi connectivity index (χ3n) is 6.03. The summed E-state index contributed by atoms with van der Waals surface area (Å²) >= 11 is 5.67. The van der Waals surface area contributed by atoms with E-state index in [-0.39, 0.29) is 0 Å². The van der Waals surface area contributed by atoms with Crippen LogP contribution in [0.2, 0.25) is 0 Å². The Bertz CT molecular complexity index is 874. The molecule has 2 aliphatic rings. The number of hydrogen-bond acceptors (Lipinski definition) is 8. The highest BCUT2D eigenvalue weighted by molar-refractivity contribution is 7.80. The first-order chi connectivity index (χ1) is 15.2. The van der Waals surface area contributed by atoms with Gasteiger partial charge in [0.15, 0.2) is 0 Å². The molecule has 0 atom stereocenters. The molecule has 0 bridgehead atoms. The van der Waals surface area contributed by atoms with Gasteiger partial charge in [-0.2, -0.15) is 0 Å². The van der Waals surface area contributed by atoms with Crippen molar-refractivity contribution < 1.29 is 14.6 Å². The quantitative estimate of drug-likeness (QED) is 0.427. The van der Waals surface area contributed by atoms with E-state index in [1.54, 1.807) is 20.7 Å².